The average molecular weight is 556 g/mol. The molecule has 1 aliphatic carbocycles. The zero-order chi connectivity index (χ0) is 28.8. The van der Waals surface area contributed by atoms with Crippen LogP contribution in [0.3, 0.4) is 0 Å². The molecule has 0 saturated carbocycles. The first-order valence-electron chi connectivity index (χ1n) is 14.2. The summed E-state index contributed by atoms with van der Waals surface area (Å²) in [6, 6.07) is 25.5. The van der Waals surface area contributed by atoms with Gasteiger partial charge in [0.2, 0.25) is 5.91 Å². The van der Waals surface area contributed by atoms with Crippen LogP contribution in [0.2, 0.25) is 0 Å². The number of rotatable bonds is 11. The van der Waals surface area contributed by atoms with Crippen molar-refractivity contribution >= 4 is 18.0 Å². The van der Waals surface area contributed by atoms with E-state index in [1.807, 2.05) is 54.6 Å². The highest BCUT2D eigenvalue weighted by Crippen LogP contribution is 2.44. The lowest BCUT2D eigenvalue weighted by Crippen LogP contribution is -2.49. The van der Waals surface area contributed by atoms with Crippen molar-refractivity contribution in [1.82, 2.24) is 15.1 Å². The van der Waals surface area contributed by atoms with Gasteiger partial charge in [-0.05, 0) is 53.1 Å². The molecule has 1 fully saturated rings. The molecule has 214 valence electrons. The van der Waals surface area contributed by atoms with Crippen LogP contribution in [-0.2, 0) is 20.9 Å². The number of fused-ring (bicyclic) bond motifs is 3. The van der Waals surface area contributed by atoms with E-state index in [1.54, 1.807) is 11.9 Å². The number of amides is 2. The van der Waals surface area contributed by atoms with Crippen molar-refractivity contribution in [2.45, 2.75) is 37.8 Å². The molecule has 0 radical (unpaired) electrons. The van der Waals surface area contributed by atoms with E-state index in [9.17, 15) is 19.5 Å². The normalized spacial score (nSPS) is 17.0. The van der Waals surface area contributed by atoms with Crippen molar-refractivity contribution in [1.29, 1.82) is 0 Å². The second kappa shape index (κ2) is 13.0. The molecule has 2 unspecified atom stereocenters. The lowest BCUT2D eigenvalue weighted by Gasteiger charge is -2.27. The topological polar surface area (TPSA) is 99.2 Å². The van der Waals surface area contributed by atoms with Crippen LogP contribution in [0.15, 0.2) is 78.9 Å². The first-order chi connectivity index (χ1) is 19.9. The fourth-order valence-electron chi connectivity index (χ4n) is 6.10. The van der Waals surface area contributed by atoms with Gasteiger partial charge in [0, 0.05) is 39.0 Å². The number of likely N-dealkylation sites (tertiary alicyclic amines) is 1. The van der Waals surface area contributed by atoms with E-state index < -0.39 is 18.1 Å². The standard InChI is InChI=1S/C33H37N3O5/c1-35(19-24-17-18-36(21-24)20-23-9-3-2-4-10-23)32(39)30(15-16-31(37)38)34-33(40)41-22-29-27-13-7-5-11-25(27)26-12-6-8-14-28(26)29/h2-14,24,29-30H,15-22H2,1H3,(H,34,40)(H,37,38). The number of alkyl carbamates (subject to hydrolysis) is 1. The molecule has 5 rings (SSSR count). The number of carbonyl (C=O) groups excluding carboxylic acids is 2. The Morgan fingerprint density at radius 2 is 1.61 bits per heavy atom. The maximum atomic E-state index is 13.4. The summed E-state index contributed by atoms with van der Waals surface area (Å²) in [6.45, 7) is 3.38. The van der Waals surface area contributed by atoms with E-state index >= 15 is 0 Å². The van der Waals surface area contributed by atoms with Gasteiger partial charge < -0.3 is 20.1 Å². The number of nitrogens with one attached hydrogen (secondary N) is 1. The van der Waals surface area contributed by atoms with Crippen LogP contribution in [0, 0.1) is 5.92 Å². The third-order valence-corrected chi connectivity index (χ3v) is 8.11. The highest BCUT2D eigenvalue weighted by atomic mass is 16.5. The third kappa shape index (κ3) is 6.95. The molecule has 2 atom stereocenters. The van der Waals surface area contributed by atoms with Crippen molar-refractivity contribution in [2.24, 2.45) is 5.92 Å². The number of carboxylic acids is 1. The number of likely N-dealkylation sites (N-methyl/N-ethyl adjacent to an activating group) is 1. The molecule has 3 aromatic carbocycles. The number of carbonyl (C=O) groups is 3. The van der Waals surface area contributed by atoms with Crippen molar-refractivity contribution in [3.63, 3.8) is 0 Å². The molecule has 2 amide bonds. The Morgan fingerprint density at radius 3 is 2.27 bits per heavy atom. The molecule has 1 saturated heterocycles. The van der Waals surface area contributed by atoms with Gasteiger partial charge in [-0.25, -0.2) is 4.79 Å². The third-order valence-electron chi connectivity index (χ3n) is 8.11. The zero-order valence-electron chi connectivity index (χ0n) is 23.4. The van der Waals surface area contributed by atoms with Gasteiger partial charge >= 0.3 is 12.1 Å². The molecule has 41 heavy (non-hydrogen) atoms. The average Bonchev–Trinajstić information content (AvgIpc) is 3.55. The van der Waals surface area contributed by atoms with Crippen molar-refractivity contribution in [3.05, 3.63) is 95.6 Å². The van der Waals surface area contributed by atoms with Crippen LogP contribution in [0.1, 0.15) is 41.9 Å². The molecule has 0 bridgehead atoms. The van der Waals surface area contributed by atoms with Crippen LogP contribution >= 0.6 is 0 Å². The predicted octanol–water partition coefficient (Wildman–Crippen LogP) is 4.74. The highest BCUT2D eigenvalue weighted by molar-refractivity contribution is 5.86. The molecule has 3 aromatic rings. The maximum absolute atomic E-state index is 13.4. The number of hydrogen-bond acceptors (Lipinski definition) is 5. The predicted molar refractivity (Wildman–Crippen MR) is 156 cm³/mol. The van der Waals surface area contributed by atoms with Gasteiger partial charge in [-0.3, -0.25) is 14.5 Å². The molecule has 8 heteroatoms. The molecule has 0 aromatic heterocycles. The summed E-state index contributed by atoms with van der Waals surface area (Å²) in [5.74, 6) is -1.12. The number of hydrogen-bond donors (Lipinski definition) is 2. The van der Waals surface area contributed by atoms with E-state index in [4.69, 9.17) is 4.74 Å². The van der Waals surface area contributed by atoms with Crippen LogP contribution < -0.4 is 5.32 Å². The number of benzene rings is 3. The summed E-state index contributed by atoms with van der Waals surface area (Å²) in [6.07, 6.45) is 0.0126. The Hall–Kier alpha value is -4.17. The minimum Gasteiger partial charge on any atom is -0.481 e. The van der Waals surface area contributed by atoms with Crippen molar-refractivity contribution in [3.8, 4) is 11.1 Å². The van der Waals surface area contributed by atoms with E-state index in [0.717, 1.165) is 48.3 Å². The second-order valence-electron chi connectivity index (χ2n) is 11.0. The second-order valence-corrected chi connectivity index (χ2v) is 11.0. The van der Waals surface area contributed by atoms with Gasteiger partial charge in [0.05, 0.1) is 0 Å². The number of ether oxygens (including phenoxy) is 1. The van der Waals surface area contributed by atoms with Crippen LogP contribution in [0.25, 0.3) is 11.1 Å². The molecule has 8 nitrogen and oxygen atoms in total. The summed E-state index contributed by atoms with van der Waals surface area (Å²) in [5.41, 5.74) is 5.71. The Bertz CT molecular complexity index is 1330. The van der Waals surface area contributed by atoms with Crippen molar-refractivity contribution < 1.29 is 24.2 Å². The largest absolute Gasteiger partial charge is 0.481 e. The Labute approximate surface area is 240 Å². The lowest BCUT2D eigenvalue weighted by molar-refractivity contribution is -0.138. The van der Waals surface area contributed by atoms with Gasteiger partial charge in [0.1, 0.15) is 12.6 Å². The monoisotopic (exact) mass is 555 g/mol. The molecule has 2 aliphatic rings. The Morgan fingerprint density at radius 1 is 0.976 bits per heavy atom. The summed E-state index contributed by atoms with van der Waals surface area (Å²) >= 11 is 0. The van der Waals surface area contributed by atoms with E-state index in [1.165, 1.54) is 5.56 Å². The summed E-state index contributed by atoms with van der Waals surface area (Å²) in [5, 5.41) is 11.9. The first kappa shape index (κ1) is 28.4. The smallest absolute Gasteiger partial charge is 0.407 e. The van der Waals surface area contributed by atoms with Crippen LogP contribution in [0.4, 0.5) is 4.79 Å². The Kier molecular flexibility index (Phi) is 8.99. The van der Waals surface area contributed by atoms with E-state index in [0.29, 0.717) is 12.5 Å². The fraction of sp³-hybridized carbons (Fsp3) is 0.364. The fourth-order valence-corrected chi connectivity index (χ4v) is 6.10. The lowest BCUT2D eigenvalue weighted by atomic mass is 9.98. The van der Waals surface area contributed by atoms with Crippen molar-refractivity contribution in [2.75, 3.05) is 33.3 Å². The van der Waals surface area contributed by atoms with Crippen LogP contribution in [-0.4, -0.2) is 72.2 Å². The number of aliphatic carboxylic acids is 1. The maximum Gasteiger partial charge on any atom is 0.407 e. The van der Waals surface area contributed by atoms with Gasteiger partial charge in [-0.15, -0.1) is 0 Å². The molecular formula is C33H37N3O5. The van der Waals surface area contributed by atoms with E-state index in [-0.39, 0.29) is 31.3 Å². The molecule has 0 spiro atoms. The van der Waals surface area contributed by atoms with Gasteiger partial charge in [0.25, 0.3) is 0 Å². The summed E-state index contributed by atoms with van der Waals surface area (Å²) in [7, 11) is 1.72. The minimum atomic E-state index is -1.02. The highest BCUT2D eigenvalue weighted by Gasteiger charge is 2.32. The van der Waals surface area contributed by atoms with Gasteiger partial charge in [0.15, 0.2) is 0 Å². The molecule has 1 aliphatic heterocycles. The summed E-state index contributed by atoms with van der Waals surface area (Å²) < 4.78 is 5.64. The zero-order valence-corrected chi connectivity index (χ0v) is 23.4. The molecule has 1 heterocycles. The SMILES string of the molecule is CN(CC1CCN(Cc2ccccc2)C1)C(=O)C(CCC(=O)O)NC(=O)OCC1c2ccccc2-c2ccccc21. The molecule has 2 N–H and O–H groups in total. The molecular weight excluding hydrogens is 518 g/mol. The first-order valence-corrected chi connectivity index (χ1v) is 14.2. The van der Waals surface area contributed by atoms with Gasteiger partial charge in [-0.1, -0.05) is 78.9 Å². The van der Waals surface area contributed by atoms with E-state index in [2.05, 4.69) is 34.5 Å². The number of nitrogens with zero attached hydrogens (tertiary/aromatic N) is 2. The van der Waals surface area contributed by atoms with Gasteiger partial charge in [-0.2, -0.15) is 0 Å². The van der Waals surface area contributed by atoms with Crippen LogP contribution in [0.5, 0.6) is 0 Å². The number of carboxylic acid groups (broad SMARTS) is 1. The Balaban J connectivity index is 1.17. The summed E-state index contributed by atoms with van der Waals surface area (Å²) in [4.78, 5) is 41.6. The minimum absolute atomic E-state index is 0.00645. The quantitative estimate of drug-likeness (QED) is 0.355.